The Kier molecular flexibility index (Phi) is 3.11. The molecule has 2 aromatic carbocycles. The van der Waals surface area contributed by atoms with Crippen LogP contribution < -0.4 is 0 Å². The standard InChI is InChI=1S/C16H13FS/c17-14-8-5-12(6-9-14)4-7-13-2-1-3-16-15(13)10-11-18-16/h1-3,5-6,8-11H,4,7H2. The van der Waals surface area contributed by atoms with Crippen molar-refractivity contribution in [3.05, 3.63) is 70.9 Å². The lowest BCUT2D eigenvalue weighted by Crippen LogP contribution is -1.91. The summed E-state index contributed by atoms with van der Waals surface area (Å²) in [4.78, 5) is 0. The zero-order chi connectivity index (χ0) is 12.4. The number of hydrogen-bond acceptors (Lipinski definition) is 1. The molecule has 1 aromatic heterocycles. The quantitative estimate of drug-likeness (QED) is 0.630. The maximum atomic E-state index is 12.8. The van der Waals surface area contributed by atoms with Crippen LogP contribution in [0, 0.1) is 5.82 Å². The van der Waals surface area contributed by atoms with E-state index in [-0.39, 0.29) is 5.82 Å². The molecule has 0 aliphatic carbocycles. The average Bonchev–Trinajstić information content (AvgIpc) is 2.87. The molecule has 2 heteroatoms. The first-order valence-electron chi connectivity index (χ1n) is 6.02. The molecular weight excluding hydrogens is 243 g/mol. The number of thiophene rings is 1. The van der Waals surface area contributed by atoms with Crippen molar-refractivity contribution in [2.24, 2.45) is 0 Å². The number of rotatable bonds is 3. The van der Waals surface area contributed by atoms with E-state index in [1.54, 1.807) is 11.3 Å². The molecule has 0 nitrogen and oxygen atoms in total. The molecule has 1 heterocycles. The lowest BCUT2D eigenvalue weighted by molar-refractivity contribution is 0.627. The van der Waals surface area contributed by atoms with E-state index in [1.807, 2.05) is 12.1 Å². The van der Waals surface area contributed by atoms with Crippen molar-refractivity contribution in [1.29, 1.82) is 0 Å². The largest absolute Gasteiger partial charge is 0.207 e. The van der Waals surface area contributed by atoms with Gasteiger partial charge in [-0.2, -0.15) is 0 Å². The van der Waals surface area contributed by atoms with Gasteiger partial charge in [-0.3, -0.25) is 0 Å². The molecule has 0 unspecified atom stereocenters. The first-order chi connectivity index (χ1) is 8.83. The van der Waals surface area contributed by atoms with E-state index >= 15 is 0 Å². The van der Waals surface area contributed by atoms with Crippen LogP contribution in [0.5, 0.6) is 0 Å². The molecule has 0 atom stereocenters. The van der Waals surface area contributed by atoms with Crippen molar-refractivity contribution in [2.45, 2.75) is 12.8 Å². The van der Waals surface area contributed by atoms with Crippen LogP contribution in [0.1, 0.15) is 11.1 Å². The molecule has 0 N–H and O–H groups in total. The highest BCUT2D eigenvalue weighted by Crippen LogP contribution is 2.25. The summed E-state index contributed by atoms with van der Waals surface area (Å²) in [5, 5.41) is 3.48. The maximum Gasteiger partial charge on any atom is 0.123 e. The predicted molar refractivity (Wildman–Crippen MR) is 75.6 cm³/mol. The van der Waals surface area contributed by atoms with Gasteiger partial charge in [0.15, 0.2) is 0 Å². The lowest BCUT2D eigenvalue weighted by atomic mass is 10.0. The van der Waals surface area contributed by atoms with E-state index < -0.39 is 0 Å². The number of aryl methyl sites for hydroxylation is 2. The number of fused-ring (bicyclic) bond motifs is 1. The second kappa shape index (κ2) is 4.91. The van der Waals surface area contributed by atoms with E-state index in [2.05, 4.69) is 29.6 Å². The van der Waals surface area contributed by atoms with Crippen molar-refractivity contribution in [1.82, 2.24) is 0 Å². The average molecular weight is 256 g/mol. The third-order valence-corrected chi connectivity index (χ3v) is 4.06. The number of hydrogen-bond donors (Lipinski definition) is 0. The van der Waals surface area contributed by atoms with Crippen LogP contribution in [0.2, 0.25) is 0 Å². The van der Waals surface area contributed by atoms with Gasteiger partial charge in [0.1, 0.15) is 5.82 Å². The van der Waals surface area contributed by atoms with Crippen molar-refractivity contribution < 1.29 is 4.39 Å². The molecular formula is C16H13FS. The summed E-state index contributed by atoms with van der Waals surface area (Å²) in [6, 6.07) is 15.4. The molecule has 0 bridgehead atoms. The Morgan fingerprint density at radius 2 is 1.72 bits per heavy atom. The van der Waals surface area contributed by atoms with Crippen molar-refractivity contribution in [3.8, 4) is 0 Å². The summed E-state index contributed by atoms with van der Waals surface area (Å²) in [5.41, 5.74) is 2.56. The van der Waals surface area contributed by atoms with Gasteiger partial charge >= 0.3 is 0 Å². The highest BCUT2D eigenvalue weighted by Gasteiger charge is 2.02. The molecule has 0 spiro atoms. The zero-order valence-corrected chi connectivity index (χ0v) is 10.7. The fourth-order valence-corrected chi connectivity index (χ4v) is 3.04. The summed E-state index contributed by atoms with van der Waals surface area (Å²) in [6.45, 7) is 0. The number of halogens is 1. The summed E-state index contributed by atoms with van der Waals surface area (Å²) in [7, 11) is 0. The van der Waals surface area contributed by atoms with Crippen LogP contribution in [0.4, 0.5) is 4.39 Å². The van der Waals surface area contributed by atoms with Crippen molar-refractivity contribution in [3.63, 3.8) is 0 Å². The van der Waals surface area contributed by atoms with Crippen LogP contribution in [0.3, 0.4) is 0 Å². The van der Waals surface area contributed by atoms with E-state index in [0.717, 1.165) is 12.8 Å². The van der Waals surface area contributed by atoms with Crippen molar-refractivity contribution >= 4 is 21.4 Å². The first-order valence-corrected chi connectivity index (χ1v) is 6.90. The molecule has 90 valence electrons. The van der Waals surface area contributed by atoms with Crippen molar-refractivity contribution in [2.75, 3.05) is 0 Å². The zero-order valence-electron chi connectivity index (χ0n) is 9.90. The monoisotopic (exact) mass is 256 g/mol. The molecule has 0 amide bonds. The van der Waals surface area contributed by atoms with Crippen LogP contribution in [0.25, 0.3) is 10.1 Å². The van der Waals surface area contributed by atoms with Crippen LogP contribution in [0.15, 0.2) is 53.9 Å². The van der Waals surface area contributed by atoms with Gasteiger partial charge in [-0.05, 0) is 59.0 Å². The fraction of sp³-hybridized carbons (Fsp3) is 0.125. The van der Waals surface area contributed by atoms with Gasteiger partial charge in [-0.1, -0.05) is 24.3 Å². The predicted octanol–water partition coefficient (Wildman–Crippen LogP) is 4.83. The Labute approximate surface area is 110 Å². The molecule has 3 rings (SSSR count). The topological polar surface area (TPSA) is 0 Å². The lowest BCUT2D eigenvalue weighted by Gasteiger charge is -2.04. The van der Waals surface area contributed by atoms with Gasteiger partial charge in [-0.25, -0.2) is 4.39 Å². The maximum absolute atomic E-state index is 12.8. The molecule has 0 saturated heterocycles. The SMILES string of the molecule is Fc1ccc(CCc2cccc3sccc23)cc1. The summed E-state index contributed by atoms with van der Waals surface area (Å²) in [6.07, 6.45) is 1.95. The minimum atomic E-state index is -0.168. The Morgan fingerprint density at radius 1 is 0.889 bits per heavy atom. The summed E-state index contributed by atoms with van der Waals surface area (Å²) >= 11 is 1.78. The Balaban J connectivity index is 1.80. The van der Waals surface area contributed by atoms with Gasteiger partial charge in [0, 0.05) is 4.70 Å². The fourth-order valence-electron chi connectivity index (χ4n) is 2.20. The second-order valence-electron chi connectivity index (χ2n) is 4.38. The molecule has 0 radical (unpaired) electrons. The van der Waals surface area contributed by atoms with Gasteiger partial charge in [0.2, 0.25) is 0 Å². The third-order valence-electron chi connectivity index (χ3n) is 3.18. The van der Waals surface area contributed by atoms with Gasteiger partial charge in [0.05, 0.1) is 0 Å². The first kappa shape index (κ1) is 11.4. The third kappa shape index (κ3) is 2.29. The molecule has 0 saturated carbocycles. The Bertz CT molecular complexity index is 652. The molecule has 0 fully saturated rings. The highest BCUT2D eigenvalue weighted by molar-refractivity contribution is 7.17. The van der Waals surface area contributed by atoms with E-state index in [1.165, 1.54) is 33.3 Å². The molecule has 0 aliphatic rings. The minimum absolute atomic E-state index is 0.168. The van der Waals surface area contributed by atoms with Gasteiger partial charge < -0.3 is 0 Å². The normalized spacial score (nSPS) is 10.9. The minimum Gasteiger partial charge on any atom is -0.207 e. The second-order valence-corrected chi connectivity index (χ2v) is 5.32. The summed E-state index contributed by atoms with van der Waals surface area (Å²) < 4.78 is 14.2. The van der Waals surface area contributed by atoms with E-state index in [4.69, 9.17) is 0 Å². The number of benzene rings is 2. The van der Waals surface area contributed by atoms with Crippen LogP contribution in [-0.4, -0.2) is 0 Å². The Hall–Kier alpha value is -1.67. The molecule has 18 heavy (non-hydrogen) atoms. The van der Waals surface area contributed by atoms with E-state index in [9.17, 15) is 4.39 Å². The summed E-state index contributed by atoms with van der Waals surface area (Å²) in [5.74, 6) is -0.168. The molecule has 3 aromatic rings. The van der Waals surface area contributed by atoms with E-state index in [0.29, 0.717) is 0 Å². The highest BCUT2D eigenvalue weighted by atomic mass is 32.1. The smallest absolute Gasteiger partial charge is 0.123 e. The van der Waals surface area contributed by atoms with Gasteiger partial charge in [-0.15, -0.1) is 11.3 Å². The van der Waals surface area contributed by atoms with Crippen LogP contribution in [-0.2, 0) is 12.8 Å². The van der Waals surface area contributed by atoms with Crippen LogP contribution >= 0.6 is 11.3 Å². The molecule has 0 aliphatic heterocycles. The van der Waals surface area contributed by atoms with Gasteiger partial charge in [0.25, 0.3) is 0 Å². The Morgan fingerprint density at radius 3 is 2.56 bits per heavy atom.